The second-order valence-corrected chi connectivity index (χ2v) is 8.17. The molecule has 4 rings (SSSR count). The first kappa shape index (κ1) is 19.4. The Kier molecular flexibility index (Phi) is 5.24. The molecule has 0 bridgehead atoms. The van der Waals surface area contributed by atoms with Crippen LogP contribution in [-0.4, -0.2) is 26.3 Å². The van der Waals surface area contributed by atoms with Crippen LogP contribution in [0.5, 0.6) is 0 Å². The average molecular weight is 409 g/mol. The van der Waals surface area contributed by atoms with E-state index >= 15 is 0 Å². The SMILES string of the molecule is Cc1cc(C)c2c(c1)c(C)cc1nnc(SCCC(=O)Nc3ccccc3F)n12. The number of fused-ring (bicyclic) bond motifs is 3. The van der Waals surface area contributed by atoms with Gasteiger partial charge in [-0.05, 0) is 56.2 Å². The second kappa shape index (κ2) is 7.83. The monoisotopic (exact) mass is 408 g/mol. The Balaban J connectivity index is 1.55. The number of carbonyl (C=O) groups is 1. The Hall–Kier alpha value is -2.93. The number of rotatable bonds is 5. The molecule has 0 saturated heterocycles. The van der Waals surface area contributed by atoms with Crippen LogP contribution in [0, 0.1) is 26.6 Å². The van der Waals surface area contributed by atoms with Gasteiger partial charge in [0, 0.05) is 17.6 Å². The van der Waals surface area contributed by atoms with Crippen molar-refractivity contribution in [2.45, 2.75) is 32.3 Å². The van der Waals surface area contributed by atoms with Gasteiger partial charge in [0.05, 0.1) is 11.2 Å². The summed E-state index contributed by atoms with van der Waals surface area (Å²) in [7, 11) is 0. The third-order valence-electron chi connectivity index (χ3n) is 4.81. The summed E-state index contributed by atoms with van der Waals surface area (Å²) < 4.78 is 15.7. The van der Waals surface area contributed by atoms with Crippen LogP contribution in [0.4, 0.5) is 10.1 Å². The predicted octanol–water partition coefficient (Wildman–Crippen LogP) is 5.07. The molecule has 29 heavy (non-hydrogen) atoms. The van der Waals surface area contributed by atoms with Crippen LogP contribution in [0.15, 0.2) is 47.6 Å². The summed E-state index contributed by atoms with van der Waals surface area (Å²) in [6.07, 6.45) is 0.246. The van der Waals surface area contributed by atoms with E-state index in [4.69, 9.17) is 0 Å². The minimum absolute atomic E-state index is 0.197. The van der Waals surface area contributed by atoms with Crippen molar-refractivity contribution in [3.63, 3.8) is 0 Å². The number of thioether (sulfide) groups is 1. The van der Waals surface area contributed by atoms with Crippen LogP contribution in [0.3, 0.4) is 0 Å². The number of hydrogen-bond acceptors (Lipinski definition) is 4. The molecule has 0 radical (unpaired) electrons. The Bertz CT molecular complexity index is 1230. The fourth-order valence-electron chi connectivity index (χ4n) is 3.52. The molecular weight excluding hydrogens is 387 g/mol. The minimum Gasteiger partial charge on any atom is -0.324 e. The highest BCUT2D eigenvalue weighted by molar-refractivity contribution is 7.99. The number of anilines is 1. The minimum atomic E-state index is -0.440. The molecule has 0 aliphatic carbocycles. The van der Waals surface area contributed by atoms with Crippen molar-refractivity contribution < 1.29 is 9.18 Å². The predicted molar refractivity (Wildman–Crippen MR) is 115 cm³/mol. The van der Waals surface area contributed by atoms with Crippen LogP contribution in [0.25, 0.3) is 16.6 Å². The number of carbonyl (C=O) groups excluding carboxylic acids is 1. The Morgan fingerprint density at radius 1 is 1.10 bits per heavy atom. The maximum atomic E-state index is 13.7. The number of nitrogens with one attached hydrogen (secondary N) is 1. The molecule has 1 N–H and O–H groups in total. The zero-order valence-corrected chi connectivity index (χ0v) is 17.3. The van der Waals surface area contributed by atoms with E-state index in [0.717, 1.165) is 27.4 Å². The van der Waals surface area contributed by atoms with Crippen molar-refractivity contribution >= 4 is 39.9 Å². The van der Waals surface area contributed by atoms with Gasteiger partial charge in [0.2, 0.25) is 5.91 Å². The molecule has 2 heterocycles. The molecule has 0 fully saturated rings. The Labute approximate surface area is 172 Å². The van der Waals surface area contributed by atoms with E-state index in [9.17, 15) is 9.18 Å². The fourth-order valence-corrected chi connectivity index (χ4v) is 4.40. The molecule has 5 nitrogen and oxygen atoms in total. The van der Waals surface area contributed by atoms with Gasteiger partial charge in [-0.25, -0.2) is 4.39 Å². The van der Waals surface area contributed by atoms with E-state index in [-0.39, 0.29) is 18.0 Å². The van der Waals surface area contributed by atoms with Crippen molar-refractivity contribution in [1.82, 2.24) is 14.6 Å². The maximum Gasteiger partial charge on any atom is 0.225 e. The number of amides is 1. The van der Waals surface area contributed by atoms with Crippen molar-refractivity contribution in [2.75, 3.05) is 11.1 Å². The largest absolute Gasteiger partial charge is 0.324 e. The highest BCUT2D eigenvalue weighted by Gasteiger charge is 2.14. The third-order valence-corrected chi connectivity index (χ3v) is 5.74. The number of benzene rings is 2. The van der Waals surface area contributed by atoms with Gasteiger partial charge in [0.1, 0.15) is 5.82 Å². The number of pyridine rings is 1. The molecular formula is C22H21FN4OS. The van der Waals surface area contributed by atoms with E-state index in [1.54, 1.807) is 18.2 Å². The fraction of sp³-hybridized carbons (Fsp3) is 0.227. The molecule has 148 valence electrons. The molecule has 0 saturated carbocycles. The first-order valence-corrected chi connectivity index (χ1v) is 10.4. The van der Waals surface area contributed by atoms with Gasteiger partial charge in [-0.1, -0.05) is 35.5 Å². The number of para-hydroxylation sites is 1. The summed E-state index contributed by atoms with van der Waals surface area (Å²) in [6, 6.07) is 12.5. The molecule has 0 spiro atoms. The van der Waals surface area contributed by atoms with E-state index in [1.165, 1.54) is 28.8 Å². The normalized spacial score (nSPS) is 11.3. The van der Waals surface area contributed by atoms with Crippen molar-refractivity contribution in [3.05, 3.63) is 65.0 Å². The van der Waals surface area contributed by atoms with Crippen LogP contribution >= 0.6 is 11.8 Å². The summed E-state index contributed by atoms with van der Waals surface area (Å²) in [6.45, 7) is 6.26. The van der Waals surface area contributed by atoms with E-state index < -0.39 is 5.82 Å². The first-order chi connectivity index (χ1) is 13.9. The first-order valence-electron chi connectivity index (χ1n) is 9.37. The lowest BCUT2D eigenvalue weighted by Crippen LogP contribution is -2.13. The number of aromatic nitrogens is 3. The van der Waals surface area contributed by atoms with Gasteiger partial charge in [0.15, 0.2) is 10.8 Å². The van der Waals surface area contributed by atoms with Crippen molar-refractivity contribution in [2.24, 2.45) is 0 Å². The number of nitrogens with zero attached hydrogens (tertiary/aromatic N) is 3. The summed E-state index contributed by atoms with van der Waals surface area (Å²) >= 11 is 1.47. The molecule has 0 aliphatic heterocycles. The lowest BCUT2D eigenvalue weighted by Gasteiger charge is -2.11. The smallest absolute Gasteiger partial charge is 0.225 e. The molecule has 0 atom stereocenters. The second-order valence-electron chi connectivity index (χ2n) is 7.11. The van der Waals surface area contributed by atoms with Gasteiger partial charge >= 0.3 is 0 Å². The molecule has 2 aromatic heterocycles. The number of halogens is 1. The van der Waals surface area contributed by atoms with Gasteiger partial charge in [-0.3, -0.25) is 9.20 Å². The summed E-state index contributed by atoms with van der Waals surface area (Å²) in [5.74, 6) is -0.157. The topological polar surface area (TPSA) is 59.3 Å². The van der Waals surface area contributed by atoms with E-state index in [2.05, 4.69) is 52.8 Å². The standard InChI is InChI=1S/C22H21FN4OS/c1-13-10-15(3)21-16(11-13)14(2)12-19-25-26-22(27(19)21)29-9-8-20(28)24-18-7-5-4-6-17(18)23/h4-7,10-12H,8-9H2,1-3H3,(H,24,28). The van der Waals surface area contributed by atoms with Crippen LogP contribution in [0.2, 0.25) is 0 Å². The van der Waals surface area contributed by atoms with Crippen LogP contribution in [0.1, 0.15) is 23.1 Å². The maximum absolute atomic E-state index is 13.7. The molecule has 1 amide bonds. The number of hydrogen-bond donors (Lipinski definition) is 1. The average Bonchev–Trinajstić information content (AvgIpc) is 3.06. The van der Waals surface area contributed by atoms with Gasteiger partial charge in [-0.2, -0.15) is 0 Å². The zero-order chi connectivity index (χ0) is 20.5. The molecule has 7 heteroatoms. The van der Waals surface area contributed by atoms with Crippen LogP contribution in [-0.2, 0) is 4.79 Å². The highest BCUT2D eigenvalue weighted by atomic mass is 32.2. The lowest BCUT2D eigenvalue weighted by molar-refractivity contribution is -0.115. The molecule has 4 aromatic rings. The zero-order valence-electron chi connectivity index (χ0n) is 16.5. The summed E-state index contributed by atoms with van der Waals surface area (Å²) in [5.41, 5.74) is 5.61. The molecule has 0 unspecified atom stereocenters. The summed E-state index contributed by atoms with van der Waals surface area (Å²) in [4.78, 5) is 12.2. The van der Waals surface area contributed by atoms with Gasteiger partial charge < -0.3 is 5.32 Å². The van der Waals surface area contributed by atoms with Gasteiger partial charge in [0.25, 0.3) is 0 Å². The Morgan fingerprint density at radius 3 is 2.69 bits per heavy atom. The van der Waals surface area contributed by atoms with Crippen molar-refractivity contribution in [1.29, 1.82) is 0 Å². The van der Waals surface area contributed by atoms with E-state index in [0.29, 0.717) is 5.75 Å². The number of aryl methyl sites for hydroxylation is 3. The quantitative estimate of drug-likeness (QED) is 0.469. The van der Waals surface area contributed by atoms with Crippen LogP contribution < -0.4 is 5.32 Å². The van der Waals surface area contributed by atoms with Gasteiger partial charge in [-0.15, -0.1) is 10.2 Å². The Morgan fingerprint density at radius 2 is 1.90 bits per heavy atom. The van der Waals surface area contributed by atoms with Crippen molar-refractivity contribution in [3.8, 4) is 0 Å². The highest BCUT2D eigenvalue weighted by Crippen LogP contribution is 2.29. The lowest BCUT2D eigenvalue weighted by atomic mass is 10.0. The van der Waals surface area contributed by atoms with E-state index in [1.807, 2.05) is 6.07 Å². The molecule has 2 aromatic carbocycles. The molecule has 0 aliphatic rings. The summed E-state index contributed by atoms with van der Waals surface area (Å²) in [5, 5.41) is 13.2. The third kappa shape index (κ3) is 3.82.